The van der Waals surface area contributed by atoms with E-state index in [9.17, 15) is 4.79 Å². The average Bonchev–Trinajstić information content (AvgIpc) is 2.90. The zero-order chi connectivity index (χ0) is 15.5. The lowest BCUT2D eigenvalue weighted by molar-refractivity contribution is 0.0466. The van der Waals surface area contributed by atoms with E-state index < -0.39 is 5.60 Å². The molecule has 0 radical (unpaired) electrons. The molecule has 1 aromatic rings. The maximum absolute atomic E-state index is 11.8. The maximum Gasteiger partial charge on any atom is 0.407 e. The molecule has 1 N–H and O–H groups in total. The van der Waals surface area contributed by atoms with E-state index in [0.717, 1.165) is 31.7 Å². The summed E-state index contributed by atoms with van der Waals surface area (Å²) in [6, 6.07) is 4.40. The number of piperidine rings is 1. The van der Waals surface area contributed by atoms with Crippen LogP contribution in [0.4, 0.5) is 4.79 Å². The molecule has 0 spiro atoms. The van der Waals surface area contributed by atoms with Crippen LogP contribution >= 0.6 is 0 Å². The number of carbonyl (C=O) groups is 1. The summed E-state index contributed by atoms with van der Waals surface area (Å²) < 4.78 is 10.8. The number of carbonyl (C=O) groups excluding carboxylic acids is 1. The minimum atomic E-state index is -0.446. The highest BCUT2D eigenvalue weighted by Gasteiger charge is 2.26. The summed E-state index contributed by atoms with van der Waals surface area (Å²) in [6.07, 6.45) is 3.26. The van der Waals surface area contributed by atoms with Crippen molar-refractivity contribution in [1.29, 1.82) is 0 Å². The molecule has 118 valence electrons. The molecular weight excluding hydrogens is 268 g/mol. The van der Waals surface area contributed by atoms with E-state index in [1.807, 2.05) is 32.9 Å². The Morgan fingerprint density at radius 1 is 1.43 bits per heavy atom. The number of alkyl carbamates (subject to hydrolysis) is 1. The number of furan rings is 1. The molecule has 1 saturated heterocycles. The van der Waals surface area contributed by atoms with Crippen LogP contribution in [0, 0.1) is 0 Å². The van der Waals surface area contributed by atoms with Gasteiger partial charge in [-0.2, -0.15) is 0 Å². The van der Waals surface area contributed by atoms with Crippen LogP contribution in [0.5, 0.6) is 0 Å². The van der Waals surface area contributed by atoms with Gasteiger partial charge in [0.05, 0.1) is 12.3 Å². The van der Waals surface area contributed by atoms with Gasteiger partial charge in [0.2, 0.25) is 0 Å². The smallest absolute Gasteiger partial charge is 0.407 e. The van der Waals surface area contributed by atoms with Crippen molar-refractivity contribution in [1.82, 2.24) is 10.2 Å². The highest BCUT2D eigenvalue weighted by Crippen LogP contribution is 2.24. The van der Waals surface area contributed by atoms with Crippen molar-refractivity contribution in [3.05, 3.63) is 24.2 Å². The molecule has 1 fully saturated rings. The Bertz CT molecular complexity index is 443. The van der Waals surface area contributed by atoms with Crippen molar-refractivity contribution in [3.8, 4) is 0 Å². The first-order chi connectivity index (χ1) is 9.85. The second-order valence-electron chi connectivity index (χ2n) is 6.65. The summed E-state index contributed by atoms with van der Waals surface area (Å²) in [4.78, 5) is 14.1. The van der Waals surface area contributed by atoms with Crippen LogP contribution in [-0.2, 0) is 4.74 Å². The molecule has 1 aliphatic rings. The molecule has 5 nitrogen and oxygen atoms in total. The summed E-state index contributed by atoms with van der Waals surface area (Å²) >= 11 is 0. The lowest BCUT2D eigenvalue weighted by Crippen LogP contribution is -2.46. The normalized spacial score (nSPS) is 19.2. The molecule has 1 atom stereocenters. The number of nitrogens with one attached hydrogen (secondary N) is 1. The Labute approximate surface area is 126 Å². The Kier molecular flexibility index (Phi) is 4.93. The molecule has 2 heterocycles. The summed E-state index contributed by atoms with van der Waals surface area (Å²) in [5, 5.41) is 2.96. The Balaban J connectivity index is 1.77. The van der Waals surface area contributed by atoms with E-state index in [1.54, 1.807) is 6.26 Å². The summed E-state index contributed by atoms with van der Waals surface area (Å²) in [5.41, 5.74) is -0.446. The molecule has 2 rings (SSSR count). The predicted octanol–water partition coefficient (Wildman–Crippen LogP) is 3.33. The van der Waals surface area contributed by atoms with E-state index >= 15 is 0 Å². The molecular formula is C16H26N2O3. The van der Waals surface area contributed by atoms with Crippen molar-refractivity contribution in [2.24, 2.45) is 0 Å². The average molecular weight is 294 g/mol. The Hall–Kier alpha value is -1.49. The maximum atomic E-state index is 11.8. The Morgan fingerprint density at radius 2 is 2.10 bits per heavy atom. The van der Waals surface area contributed by atoms with Gasteiger partial charge in [-0.05, 0) is 52.7 Å². The quantitative estimate of drug-likeness (QED) is 0.929. The largest absolute Gasteiger partial charge is 0.468 e. The molecule has 1 aliphatic heterocycles. The fraction of sp³-hybridized carbons (Fsp3) is 0.688. The molecule has 21 heavy (non-hydrogen) atoms. The van der Waals surface area contributed by atoms with Gasteiger partial charge in [-0.15, -0.1) is 0 Å². The first kappa shape index (κ1) is 15.9. The number of amides is 1. The van der Waals surface area contributed by atoms with Crippen LogP contribution in [0.2, 0.25) is 0 Å². The molecule has 1 amide bonds. The number of nitrogens with zero attached hydrogens (tertiary/aromatic N) is 1. The van der Waals surface area contributed by atoms with Gasteiger partial charge in [0.15, 0.2) is 0 Å². The van der Waals surface area contributed by atoms with Crippen molar-refractivity contribution >= 4 is 6.09 Å². The fourth-order valence-electron chi connectivity index (χ4n) is 2.61. The van der Waals surface area contributed by atoms with Gasteiger partial charge in [-0.25, -0.2) is 4.79 Å². The lowest BCUT2D eigenvalue weighted by Gasteiger charge is -2.35. The lowest BCUT2D eigenvalue weighted by atomic mass is 10.0. The molecule has 0 aliphatic carbocycles. The topological polar surface area (TPSA) is 54.7 Å². The second kappa shape index (κ2) is 6.52. The highest BCUT2D eigenvalue weighted by atomic mass is 16.6. The van der Waals surface area contributed by atoms with Crippen molar-refractivity contribution < 1.29 is 13.9 Å². The second-order valence-corrected chi connectivity index (χ2v) is 6.65. The van der Waals surface area contributed by atoms with Crippen LogP contribution in [0.3, 0.4) is 0 Å². The summed E-state index contributed by atoms with van der Waals surface area (Å²) in [6.45, 7) is 9.67. The zero-order valence-electron chi connectivity index (χ0n) is 13.4. The van der Waals surface area contributed by atoms with E-state index in [2.05, 4.69) is 17.1 Å². The molecule has 1 unspecified atom stereocenters. The zero-order valence-corrected chi connectivity index (χ0v) is 13.4. The van der Waals surface area contributed by atoms with Crippen LogP contribution in [0.15, 0.2) is 22.8 Å². The van der Waals surface area contributed by atoms with E-state index in [0.29, 0.717) is 0 Å². The molecule has 0 saturated carbocycles. The van der Waals surface area contributed by atoms with Crippen LogP contribution in [-0.4, -0.2) is 35.7 Å². The van der Waals surface area contributed by atoms with Gasteiger partial charge in [0, 0.05) is 19.1 Å². The fourth-order valence-corrected chi connectivity index (χ4v) is 2.61. The molecule has 0 aromatic carbocycles. The predicted molar refractivity (Wildman–Crippen MR) is 81.1 cm³/mol. The molecule has 0 bridgehead atoms. The third-order valence-electron chi connectivity index (χ3n) is 3.75. The van der Waals surface area contributed by atoms with E-state index in [4.69, 9.17) is 9.15 Å². The highest BCUT2D eigenvalue weighted by molar-refractivity contribution is 5.68. The Morgan fingerprint density at radius 3 is 2.62 bits per heavy atom. The van der Waals surface area contributed by atoms with Crippen LogP contribution in [0.25, 0.3) is 0 Å². The first-order valence-electron chi connectivity index (χ1n) is 7.62. The molecule has 1 aromatic heterocycles. The van der Waals surface area contributed by atoms with E-state index in [-0.39, 0.29) is 18.2 Å². The van der Waals surface area contributed by atoms with Gasteiger partial charge >= 0.3 is 6.09 Å². The van der Waals surface area contributed by atoms with Gasteiger partial charge in [0.25, 0.3) is 0 Å². The summed E-state index contributed by atoms with van der Waals surface area (Å²) in [7, 11) is 0. The standard InChI is InChI=1S/C16H26N2O3/c1-12(14-6-5-11-20-14)18-9-7-13(8-10-18)17-15(19)21-16(2,3)4/h5-6,11-13H,7-10H2,1-4H3,(H,17,19). The van der Waals surface area contributed by atoms with Gasteiger partial charge in [-0.1, -0.05) is 0 Å². The summed E-state index contributed by atoms with van der Waals surface area (Å²) in [5.74, 6) is 0.994. The van der Waals surface area contributed by atoms with Crippen LogP contribution in [0.1, 0.15) is 52.3 Å². The molecule has 5 heteroatoms. The van der Waals surface area contributed by atoms with Crippen LogP contribution < -0.4 is 5.32 Å². The van der Waals surface area contributed by atoms with Crippen molar-refractivity contribution in [2.75, 3.05) is 13.1 Å². The third-order valence-corrected chi connectivity index (χ3v) is 3.75. The minimum absolute atomic E-state index is 0.194. The monoisotopic (exact) mass is 294 g/mol. The van der Waals surface area contributed by atoms with Gasteiger partial charge < -0.3 is 14.5 Å². The number of hydrogen-bond acceptors (Lipinski definition) is 4. The van der Waals surface area contributed by atoms with Crippen molar-refractivity contribution in [2.45, 2.75) is 58.2 Å². The third kappa shape index (κ3) is 4.77. The van der Waals surface area contributed by atoms with E-state index in [1.165, 1.54) is 0 Å². The number of likely N-dealkylation sites (tertiary alicyclic amines) is 1. The SMILES string of the molecule is CC(c1ccco1)N1CCC(NC(=O)OC(C)(C)C)CC1. The number of hydrogen-bond donors (Lipinski definition) is 1. The van der Waals surface area contributed by atoms with Gasteiger partial charge in [0.1, 0.15) is 11.4 Å². The number of ether oxygens (including phenoxy) is 1. The minimum Gasteiger partial charge on any atom is -0.468 e. The van der Waals surface area contributed by atoms with Crippen molar-refractivity contribution in [3.63, 3.8) is 0 Å². The number of rotatable bonds is 3. The first-order valence-corrected chi connectivity index (χ1v) is 7.62. The van der Waals surface area contributed by atoms with Gasteiger partial charge in [-0.3, -0.25) is 4.90 Å².